The van der Waals surface area contributed by atoms with E-state index < -0.39 is 15.9 Å². The van der Waals surface area contributed by atoms with Gasteiger partial charge in [0.15, 0.2) is 10.9 Å². The number of aromatic nitrogens is 1. The second kappa shape index (κ2) is 7.79. The van der Waals surface area contributed by atoms with Gasteiger partial charge < -0.3 is 0 Å². The molecule has 1 amide bonds. The number of Topliss-reactive ketones (excluding diaryl/α,β-unsaturated/α-hetero) is 1. The third-order valence-electron chi connectivity index (χ3n) is 4.63. The number of carbonyl (C=O) groups is 2. The van der Waals surface area contributed by atoms with E-state index in [-0.39, 0.29) is 32.9 Å². The summed E-state index contributed by atoms with van der Waals surface area (Å²) in [7, 11) is -3.83. The van der Waals surface area contributed by atoms with E-state index in [1.54, 1.807) is 10.8 Å². The average Bonchev–Trinajstić information content (AvgIpc) is 3.37. The number of carbonyl (C=O) groups excluding carboxylic acids is 2. The largest absolute Gasteiger partial charge is 0.297 e. The molecule has 0 unspecified atom stereocenters. The van der Waals surface area contributed by atoms with Gasteiger partial charge in [-0.15, -0.1) is 22.7 Å². The molecule has 0 spiro atoms. The number of sulfonamides is 1. The molecule has 1 N–H and O–H groups in total. The van der Waals surface area contributed by atoms with Crippen LogP contribution in [0.4, 0.5) is 5.13 Å². The van der Waals surface area contributed by atoms with Crippen LogP contribution >= 0.6 is 22.7 Å². The van der Waals surface area contributed by atoms with E-state index in [0.29, 0.717) is 13.0 Å². The fourth-order valence-corrected chi connectivity index (χ4v) is 6.59. The molecule has 0 aliphatic carbocycles. The van der Waals surface area contributed by atoms with E-state index in [9.17, 15) is 18.0 Å². The molecule has 2 aromatic heterocycles. The number of amides is 1. The molecule has 7 nitrogen and oxygen atoms in total. The van der Waals surface area contributed by atoms with Gasteiger partial charge in [0, 0.05) is 25.4 Å². The summed E-state index contributed by atoms with van der Waals surface area (Å²) in [4.78, 5) is 28.2. The number of hydrogen-bond acceptors (Lipinski definition) is 7. The molecule has 3 aromatic rings. The van der Waals surface area contributed by atoms with Gasteiger partial charge in [-0.25, -0.2) is 13.4 Å². The maximum atomic E-state index is 13.2. The lowest BCUT2D eigenvalue weighted by Gasteiger charge is -2.28. The molecule has 10 heteroatoms. The van der Waals surface area contributed by atoms with Crippen LogP contribution in [0.5, 0.6) is 0 Å². The Bertz CT molecular complexity index is 1200. The number of nitrogens with one attached hydrogen (secondary N) is 1. The molecular weight excluding hydrogens is 430 g/mol. The van der Waals surface area contributed by atoms with Crippen molar-refractivity contribution in [2.45, 2.75) is 24.8 Å². The molecule has 150 valence electrons. The molecule has 0 atom stereocenters. The van der Waals surface area contributed by atoms with Gasteiger partial charge in [-0.3, -0.25) is 14.9 Å². The summed E-state index contributed by atoms with van der Waals surface area (Å²) in [5.41, 5.74) is 2.38. The summed E-state index contributed by atoms with van der Waals surface area (Å²) in [6.45, 7) is 2.04. The highest BCUT2D eigenvalue weighted by Crippen LogP contribution is 2.30. The van der Waals surface area contributed by atoms with Crippen molar-refractivity contribution in [3.63, 3.8) is 0 Å². The molecule has 29 heavy (non-hydrogen) atoms. The zero-order valence-corrected chi connectivity index (χ0v) is 17.9. The normalized spacial score (nSPS) is 14.4. The maximum absolute atomic E-state index is 13.2. The van der Waals surface area contributed by atoms with Gasteiger partial charge in [0.05, 0.1) is 0 Å². The molecule has 4 rings (SSSR count). The first-order chi connectivity index (χ1) is 13.9. The summed E-state index contributed by atoms with van der Waals surface area (Å²) in [5.74, 6) is -0.757. The molecule has 0 saturated heterocycles. The van der Waals surface area contributed by atoms with Gasteiger partial charge in [0.1, 0.15) is 15.5 Å². The summed E-state index contributed by atoms with van der Waals surface area (Å²) < 4.78 is 27.9. The highest BCUT2D eigenvalue weighted by atomic mass is 32.2. The van der Waals surface area contributed by atoms with Crippen molar-refractivity contribution in [3.05, 3.63) is 62.8 Å². The fourth-order valence-electron chi connectivity index (χ4n) is 3.13. The summed E-state index contributed by atoms with van der Waals surface area (Å²) in [6.07, 6.45) is 0.633. The minimum absolute atomic E-state index is 0.0114. The number of benzene rings is 1. The highest BCUT2D eigenvalue weighted by Gasteiger charge is 2.32. The standard InChI is InChI=1S/C19H17N3O4S3/c1-12(23)15-11-28-19(20-15)21-18(24)17-16(7-9-27-17)29(25,26)22-8-6-13-4-2-3-5-14(13)10-22/h2-5,7,9,11H,6,8,10H2,1H3,(H,20,21,24). The van der Waals surface area contributed by atoms with Crippen LogP contribution in [0.15, 0.2) is 46.0 Å². The molecular formula is C19H17N3O4S3. The van der Waals surface area contributed by atoms with E-state index in [0.717, 1.165) is 33.8 Å². The van der Waals surface area contributed by atoms with Gasteiger partial charge in [0.2, 0.25) is 10.0 Å². The Morgan fingerprint density at radius 3 is 2.62 bits per heavy atom. The summed E-state index contributed by atoms with van der Waals surface area (Å²) in [6, 6.07) is 9.22. The van der Waals surface area contributed by atoms with Crippen LogP contribution < -0.4 is 5.32 Å². The third-order valence-corrected chi connectivity index (χ3v) is 8.32. The number of anilines is 1. The van der Waals surface area contributed by atoms with Crippen LogP contribution in [-0.4, -0.2) is 35.9 Å². The van der Waals surface area contributed by atoms with Gasteiger partial charge in [-0.2, -0.15) is 4.31 Å². The minimum Gasteiger partial charge on any atom is -0.297 e. The van der Waals surface area contributed by atoms with Crippen molar-refractivity contribution in [2.75, 3.05) is 11.9 Å². The smallest absolute Gasteiger partial charge is 0.268 e. The second-order valence-electron chi connectivity index (χ2n) is 6.52. The number of thiophene rings is 1. The number of thiazole rings is 1. The van der Waals surface area contributed by atoms with Crippen LogP contribution in [0, 0.1) is 0 Å². The fraction of sp³-hybridized carbons (Fsp3) is 0.211. The molecule has 3 heterocycles. The van der Waals surface area contributed by atoms with E-state index in [2.05, 4.69) is 10.3 Å². The molecule has 0 radical (unpaired) electrons. The van der Waals surface area contributed by atoms with Crippen molar-refractivity contribution in [1.82, 2.24) is 9.29 Å². The van der Waals surface area contributed by atoms with Crippen molar-refractivity contribution in [3.8, 4) is 0 Å². The zero-order valence-electron chi connectivity index (χ0n) is 15.4. The van der Waals surface area contributed by atoms with Crippen LogP contribution in [0.3, 0.4) is 0 Å². The van der Waals surface area contributed by atoms with E-state index in [1.807, 2.05) is 24.3 Å². The molecule has 1 aromatic carbocycles. The first-order valence-electron chi connectivity index (χ1n) is 8.78. The predicted octanol–water partition coefficient (Wildman–Crippen LogP) is 3.41. The predicted molar refractivity (Wildman–Crippen MR) is 112 cm³/mol. The van der Waals surface area contributed by atoms with Crippen molar-refractivity contribution < 1.29 is 18.0 Å². The third kappa shape index (κ3) is 3.88. The Hall–Kier alpha value is -2.40. The Kier molecular flexibility index (Phi) is 5.34. The summed E-state index contributed by atoms with van der Waals surface area (Å²) >= 11 is 2.18. The van der Waals surface area contributed by atoms with E-state index in [4.69, 9.17) is 0 Å². The van der Waals surface area contributed by atoms with Crippen molar-refractivity contribution >= 4 is 49.5 Å². The first-order valence-corrected chi connectivity index (χ1v) is 12.0. The van der Waals surface area contributed by atoms with Crippen LogP contribution in [-0.2, 0) is 23.0 Å². The van der Waals surface area contributed by atoms with Gasteiger partial charge in [-0.1, -0.05) is 24.3 Å². The van der Waals surface area contributed by atoms with E-state index >= 15 is 0 Å². The topological polar surface area (TPSA) is 96.4 Å². The first kappa shape index (κ1) is 19.9. The van der Waals surface area contributed by atoms with Crippen LogP contribution in [0.1, 0.15) is 38.2 Å². The molecule has 1 aliphatic rings. The maximum Gasteiger partial charge on any atom is 0.268 e. The van der Waals surface area contributed by atoms with E-state index in [1.165, 1.54) is 17.3 Å². The lowest BCUT2D eigenvalue weighted by Crippen LogP contribution is -2.36. The lowest BCUT2D eigenvalue weighted by molar-refractivity contribution is 0.100. The quantitative estimate of drug-likeness (QED) is 0.605. The SMILES string of the molecule is CC(=O)c1csc(NC(=O)c2sccc2S(=O)(=O)N2CCc3ccccc3C2)n1. The highest BCUT2D eigenvalue weighted by molar-refractivity contribution is 7.89. The van der Waals surface area contributed by atoms with Crippen LogP contribution in [0.2, 0.25) is 0 Å². The number of nitrogens with zero attached hydrogens (tertiary/aromatic N) is 2. The monoisotopic (exact) mass is 447 g/mol. The molecule has 0 bridgehead atoms. The number of rotatable bonds is 5. The van der Waals surface area contributed by atoms with Crippen molar-refractivity contribution in [1.29, 1.82) is 0 Å². The Balaban J connectivity index is 1.58. The number of fused-ring (bicyclic) bond motifs is 1. The number of hydrogen-bond donors (Lipinski definition) is 1. The Morgan fingerprint density at radius 1 is 1.14 bits per heavy atom. The Morgan fingerprint density at radius 2 is 1.90 bits per heavy atom. The molecule has 0 saturated carbocycles. The molecule has 0 fully saturated rings. The zero-order chi connectivity index (χ0) is 20.6. The van der Waals surface area contributed by atoms with Crippen molar-refractivity contribution in [2.24, 2.45) is 0 Å². The second-order valence-corrected chi connectivity index (χ2v) is 10.2. The summed E-state index contributed by atoms with van der Waals surface area (Å²) in [5, 5.41) is 5.98. The lowest BCUT2D eigenvalue weighted by atomic mass is 10.0. The van der Waals surface area contributed by atoms with Gasteiger partial charge in [-0.05, 0) is 29.0 Å². The minimum atomic E-state index is -3.83. The van der Waals surface area contributed by atoms with Gasteiger partial charge in [0.25, 0.3) is 5.91 Å². The average molecular weight is 448 g/mol. The van der Waals surface area contributed by atoms with Gasteiger partial charge >= 0.3 is 0 Å². The van der Waals surface area contributed by atoms with Crippen LogP contribution in [0.25, 0.3) is 0 Å². The Labute approximate surface area is 176 Å². The molecule has 1 aliphatic heterocycles. The number of ketones is 1.